The molecular weight excluding hydrogens is 344 g/mol. The van der Waals surface area contributed by atoms with E-state index in [9.17, 15) is 4.79 Å². The number of hydrogen-bond acceptors (Lipinski definition) is 5. The van der Waals surface area contributed by atoms with Crippen LogP contribution in [0.25, 0.3) is 5.69 Å². The van der Waals surface area contributed by atoms with Gasteiger partial charge in [-0.15, -0.1) is 0 Å². The molecule has 0 amide bonds. The highest BCUT2D eigenvalue weighted by molar-refractivity contribution is 6.32. The summed E-state index contributed by atoms with van der Waals surface area (Å²) in [5.74, 6) is 0.661. The second-order valence-corrected chi connectivity index (χ2v) is 5.79. The highest BCUT2D eigenvalue weighted by Crippen LogP contribution is 2.39. The molecule has 1 aliphatic heterocycles. The molecule has 25 heavy (non-hydrogen) atoms. The molecule has 0 spiro atoms. The molecule has 0 fully saturated rings. The van der Waals surface area contributed by atoms with E-state index >= 15 is 0 Å². The molecule has 2 heterocycles. The summed E-state index contributed by atoms with van der Waals surface area (Å²) in [7, 11) is 0. The van der Waals surface area contributed by atoms with Crippen LogP contribution in [0.2, 0.25) is 5.02 Å². The molecular formula is C18H13ClN2O4. The number of carbonyl (C=O) groups is 1. The van der Waals surface area contributed by atoms with E-state index in [2.05, 4.69) is 5.10 Å². The van der Waals surface area contributed by atoms with Crippen molar-refractivity contribution in [3.05, 3.63) is 71.0 Å². The van der Waals surface area contributed by atoms with Gasteiger partial charge in [-0.1, -0.05) is 11.6 Å². The van der Waals surface area contributed by atoms with Crippen molar-refractivity contribution in [2.75, 3.05) is 6.79 Å². The van der Waals surface area contributed by atoms with Crippen LogP contribution in [0.4, 0.5) is 0 Å². The van der Waals surface area contributed by atoms with Gasteiger partial charge in [0, 0.05) is 12.4 Å². The van der Waals surface area contributed by atoms with Gasteiger partial charge in [0.1, 0.15) is 6.61 Å². The average Bonchev–Trinajstić information content (AvgIpc) is 3.31. The minimum Gasteiger partial charge on any atom is -0.457 e. The molecule has 0 unspecified atom stereocenters. The summed E-state index contributed by atoms with van der Waals surface area (Å²) in [6, 6.07) is 12.3. The first kappa shape index (κ1) is 15.5. The van der Waals surface area contributed by atoms with Crippen molar-refractivity contribution in [1.82, 2.24) is 9.78 Å². The summed E-state index contributed by atoms with van der Waals surface area (Å²) in [4.78, 5) is 12.2. The molecule has 4 rings (SSSR count). The number of esters is 1. The number of ether oxygens (including phenoxy) is 3. The molecule has 0 saturated heterocycles. The Morgan fingerprint density at radius 1 is 1.24 bits per heavy atom. The molecule has 0 saturated carbocycles. The Balaban J connectivity index is 1.43. The second kappa shape index (κ2) is 6.49. The fourth-order valence-electron chi connectivity index (χ4n) is 2.51. The first-order chi connectivity index (χ1) is 12.2. The number of fused-ring (bicyclic) bond motifs is 1. The molecule has 0 atom stereocenters. The molecule has 0 N–H and O–H groups in total. The van der Waals surface area contributed by atoms with Crippen molar-refractivity contribution in [3.63, 3.8) is 0 Å². The van der Waals surface area contributed by atoms with E-state index in [1.165, 1.54) is 0 Å². The number of hydrogen-bond donors (Lipinski definition) is 0. The summed E-state index contributed by atoms with van der Waals surface area (Å²) in [6.07, 6.45) is 3.52. The maximum absolute atomic E-state index is 12.2. The Kier molecular flexibility index (Phi) is 4.03. The number of carbonyl (C=O) groups excluding carboxylic acids is 1. The lowest BCUT2D eigenvalue weighted by Crippen LogP contribution is -2.05. The standard InChI is InChI=1S/C18H13ClN2O4/c19-15-8-12(9-16-17(15)25-11-24-16)10-23-18(22)13-2-4-14(5-3-13)21-7-1-6-20-21/h1-9H,10-11H2. The number of halogens is 1. The normalized spacial score (nSPS) is 12.2. The molecule has 7 heteroatoms. The van der Waals surface area contributed by atoms with E-state index in [1.807, 2.05) is 12.3 Å². The van der Waals surface area contributed by atoms with Crippen LogP contribution < -0.4 is 9.47 Å². The van der Waals surface area contributed by atoms with Crippen LogP contribution in [-0.4, -0.2) is 22.5 Å². The van der Waals surface area contributed by atoms with Gasteiger partial charge in [-0.25, -0.2) is 9.48 Å². The van der Waals surface area contributed by atoms with Crippen molar-refractivity contribution < 1.29 is 19.0 Å². The third-order valence-corrected chi connectivity index (χ3v) is 4.01. The van der Waals surface area contributed by atoms with Gasteiger partial charge in [0.2, 0.25) is 6.79 Å². The fourth-order valence-corrected chi connectivity index (χ4v) is 2.80. The van der Waals surface area contributed by atoms with E-state index < -0.39 is 5.97 Å². The molecule has 1 aromatic heterocycles. The van der Waals surface area contributed by atoms with Crippen molar-refractivity contribution in [1.29, 1.82) is 0 Å². The Labute approximate surface area is 148 Å². The molecule has 6 nitrogen and oxygen atoms in total. The van der Waals surface area contributed by atoms with E-state index in [-0.39, 0.29) is 13.4 Å². The highest BCUT2D eigenvalue weighted by Gasteiger charge is 2.19. The fraction of sp³-hybridized carbons (Fsp3) is 0.111. The van der Waals surface area contributed by atoms with Crippen molar-refractivity contribution in [2.45, 2.75) is 6.61 Å². The lowest BCUT2D eigenvalue weighted by Gasteiger charge is -2.08. The summed E-state index contributed by atoms with van der Waals surface area (Å²) < 4.78 is 17.6. The van der Waals surface area contributed by atoms with E-state index in [4.69, 9.17) is 25.8 Å². The predicted octanol–water partition coefficient (Wildman–Crippen LogP) is 3.61. The number of benzene rings is 2. The maximum Gasteiger partial charge on any atom is 0.338 e. The third-order valence-electron chi connectivity index (χ3n) is 3.73. The topological polar surface area (TPSA) is 62.6 Å². The molecule has 2 aromatic carbocycles. The van der Waals surface area contributed by atoms with Gasteiger partial charge in [-0.05, 0) is 48.0 Å². The van der Waals surface area contributed by atoms with Crippen LogP contribution >= 0.6 is 11.6 Å². The van der Waals surface area contributed by atoms with E-state index in [1.54, 1.807) is 47.3 Å². The lowest BCUT2D eigenvalue weighted by atomic mass is 10.2. The van der Waals surface area contributed by atoms with Gasteiger partial charge < -0.3 is 14.2 Å². The van der Waals surface area contributed by atoms with Crippen LogP contribution in [0, 0.1) is 0 Å². The third kappa shape index (κ3) is 3.16. The molecule has 126 valence electrons. The van der Waals surface area contributed by atoms with Crippen LogP contribution in [0.5, 0.6) is 11.5 Å². The molecule has 1 aliphatic rings. The Hall–Kier alpha value is -2.99. The zero-order valence-electron chi connectivity index (χ0n) is 13.0. The zero-order chi connectivity index (χ0) is 17.2. The first-order valence-corrected chi connectivity index (χ1v) is 7.94. The quantitative estimate of drug-likeness (QED) is 0.668. The van der Waals surface area contributed by atoms with E-state index in [0.29, 0.717) is 22.1 Å². The second-order valence-electron chi connectivity index (χ2n) is 5.39. The number of aromatic nitrogens is 2. The Morgan fingerprint density at radius 2 is 2.08 bits per heavy atom. The first-order valence-electron chi connectivity index (χ1n) is 7.56. The number of nitrogens with zero attached hydrogens (tertiary/aromatic N) is 2. The van der Waals surface area contributed by atoms with Gasteiger partial charge >= 0.3 is 5.97 Å². The largest absolute Gasteiger partial charge is 0.457 e. The maximum atomic E-state index is 12.2. The van der Waals surface area contributed by atoms with Gasteiger partial charge in [0.15, 0.2) is 11.5 Å². The van der Waals surface area contributed by atoms with Crippen molar-refractivity contribution in [3.8, 4) is 17.2 Å². The van der Waals surface area contributed by atoms with Crippen LogP contribution in [-0.2, 0) is 11.3 Å². The van der Waals surface area contributed by atoms with Gasteiger partial charge in [-0.2, -0.15) is 5.10 Å². The summed E-state index contributed by atoms with van der Waals surface area (Å²) >= 11 is 6.12. The molecule has 0 radical (unpaired) electrons. The lowest BCUT2D eigenvalue weighted by molar-refractivity contribution is 0.0472. The summed E-state index contributed by atoms with van der Waals surface area (Å²) in [6.45, 7) is 0.233. The molecule has 3 aromatic rings. The summed E-state index contributed by atoms with van der Waals surface area (Å²) in [5, 5.41) is 4.57. The van der Waals surface area contributed by atoms with Gasteiger partial charge in [0.25, 0.3) is 0 Å². The SMILES string of the molecule is O=C(OCc1cc(Cl)c2c(c1)OCO2)c1ccc(-n2cccn2)cc1. The molecule has 0 aliphatic carbocycles. The minimum absolute atomic E-state index is 0.0934. The van der Waals surface area contributed by atoms with Crippen LogP contribution in [0.3, 0.4) is 0 Å². The average molecular weight is 357 g/mol. The Bertz CT molecular complexity index is 908. The molecule has 0 bridgehead atoms. The van der Waals surface area contributed by atoms with Crippen molar-refractivity contribution >= 4 is 17.6 Å². The van der Waals surface area contributed by atoms with Crippen molar-refractivity contribution in [2.24, 2.45) is 0 Å². The smallest absolute Gasteiger partial charge is 0.338 e. The van der Waals surface area contributed by atoms with Gasteiger partial charge in [-0.3, -0.25) is 0 Å². The predicted molar refractivity (Wildman–Crippen MR) is 90.3 cm³/mol. The number of rotatable bonds is 4. The van der Waals surface area contributed by atoms with E-state index in [0.717, 1.165) is 11.3 Å². The highest BCUT2D eigenvalue weighted by atomic mass is 35.5. The monoisotopic (exact) mass is 356 g/mol. The van der Waals surface area contributed by atoms with Gasteiger partial charge in [0.05, 0.1) is 16.3 Å². The summed E-state index contributed by atoms with van der Waals surface area (Å²) in [5.41, 5.74) is 2.06. The van der Waals surface area contributed by atoms with Crippen LogP contribution in [0.1, 0.15) is 15.9 Å². The zero-order valence-corrected chi connectivity index (χ0v) is 13.8. The minimum atomic E-state index is -0.416. The van der Waals surface area contributed by atoms with Crippen LogP contribution in [0.15, 0.2) is 54.9 Å². The Morgan fingerprint density at radius 3 is 2.84 bits per heavy atom.